The molecule has 13 heteroatoms. The van der Waals surface area contributed by atoms with Crippen LogP contribution < -0.4 is 14.8 Å². The largest absolute Gasteiger partial charge is 0.482 e. The molecule has 1 aliphatic heterocycles. The number of benzene rings is 1. The number of aryl methyl sites for hydroxylation is 1. The predicted molar refractivity (Wildman–Crippen MR) is 103 cm³/mol. The van der Waals surface area contributed by atoms with Crippen LogP contribution in [-0.2, 0) is 4.79 Å². The number of halogens is 6. The highest BCUT2D eigenvalue weighted by Gasteiger charge is 2.31. The minimum atomic E-state index is -4.69. The lowest BCUT2D eigenvalue weighted by atomic mass is 10.2. The third kappa shape index (κ3) is 9.09. The molecule has 1 heterocycles. The molecule has 0 radical (unpaired) electrons. The van der Waals surface area contributed by atoms with E-state index in [9.17, 15) is 31.1 Å². The van der Waals surface area contributed by atoms with Gasteiger partial charge in [0.2, 0.25) is 5.91 Å². The molecule has 0 saturated carbocycles. The summed E-state index contributed by atoms with van der Waals surface area (Å²) in [6, 6.07) is 2.35. The number of ether oxygens (including phenoxy) is 2. The molecule has 1 aromatic rings. The smallest absolute Gasteiger partial charge is 0.422 e. The van der Waals surface area contributed by atoms with Crippen LogP contribution in [0.1, 0.15) is 5.56 Å². The van der Waals surface area contributed by atoms with E-state index in [4.69, 9.17) is 14.6 Å². The lowest BCUT2D eigenvalue weighted by molar-refractivity contribution is -0.153. The van der Waals surface area contributed by atoms with Crippen LogP contribution in [0.3, 0.4) is 0 Å². The van der Waals surface area contributed by atoms with E-state index in [0.717, 1.165) is 0 Å². The molecule has 1 saturated heterocycles. The van der Waals surface area contributed by atoms with Crippen LogP contribution in [0.15, 0.2) is 12.1 Å². The summed E-state index contributed by atoms with van der Waals surface area (Å²) in [4.78, 5) is 16.3. The summed E-state index contributed by atoms with van der Waals surface area (Å²) in [7, 11) is 0. The summed E-state index contributed by atoms with van der Waals surface area (Å²) >= 11 is 0. The molecular weight excluding hydrogens is 448 g/mol. The van der Waals surface area contributed by atoms with Gasteiger partial charge in [-0.05, 0) is 24.6 Å². The van der Waals surface area contributed by atoms with Crippen molar-refractivity contribution in [2.45, 2.75) is 19.3 Å². The molecule has 0 aromatic heterocycles. The number of amides is 1. The Morgan fingerprint density at radius 3 is 1.88 bits per heavy atom. The normalized spacial score (nSPS) is 16.1. The third-order valence-electron chi connectivity index (χ3n) is 4.51. The SMILES string of the molecule is Cc1cc(OCC(F)(F)F)c(NC(=O)CN2CCN(CCO)CC2)c(OCC(F)(F)F)c1. The first-order valence-electron chi connectivity index (χ1n) is 9.75. The highest BCUT2D eigenvalue weighted by Crippen LogP contribution is 2.38. The van der Waals surface area contributed by atoms with E-state index >= 15 is 0 Å². The second-order valence-corrected chi connectivity index (χ2v) is 7.33. The van der Waals surface area contributed by atoms with Crippen molar-refractivity contribution in [1.29, 1.82) is 0 Å². The summed E-state index contributed by atoms with van der Waals surface area (Å²) < 4.78 is 85.2. The zero-order valence-electron chi connectivity index (χ0n) is 17.4. The van der Waals surface area contributed by atoms with Crippen LogP contribution in [0.5, 0.6) is 11.5 Å². The third-order valence-corrected chi connectivity index (χ3v) is 4.51. The van der Waals surface area contributed by atoms with Gasteiger partial charge in [-0.25, -0.2) is 0 Å². The van der Waals surface area contributed by atoms with Gasteiger partial charge in [0.15, 0.2) is 13.2 Å². The number of anilines is 1. The minimum Gasteiger partial charge on any atom is -0.482 e. The van der Waals surface area contributed by atoms with Gasteiger partial charge in [-0.1, -0.05) is 0 Å². The second kappa shape index (κ2) is 11.1. The van der Waals surface area contributed by atoms with Crippen LogP contribution in [0.4, 0.5) is 32.0 Å². The topological polar surface area (TPSA) is 74.3 Å². The fourth-order valence-corrected chi connectivity index (χ4v) is 3.09. The van der Waals surface area contributed by atoms with Crippen LogP contribution in [0.25, 0.3) is 0 Å². The molecule has 1 amide bonds. The maximum Gasteiger partial charge on any atom is 0.422 e. The monoisotopic (exact) mass is 473 g/mol. The minimum absolute atomic E-state index is 0.00924. The Morgan fingerprint density at radius 2 is 1.44 bits per heavy atom. The number of hydrogen-bond acceptors (Lipinski definition) is 6. The van der Waals surface area contributed by atoms with E-state index in [1.165, 1.54) is 19.1 Å². The molecule has 1 aliphatic rings. The van der Waals surface area contributed by atoms with Gasteiger partial charge in [-0.2, -0.15) is 26.3 Å². The molecule has 0 aliphatic carbocycles. The Hall–Kier alpha value is -2.25. The molecular formula is C19H25F6N3O4. The summed E-state index contributed by atoms with van der Waals surface area (Å²) in [5.41, 5.74) is -0.106. The van der Waals surface area contributed by atoms with Crippen LogP contribution in [0.2, 0.25) is 0 Å². The van der Waals surface area contributed by atoms with Crippen LogP contribution in [0, 0.1) is 6.92 Å². The number of piperazine rings is 1. The summed E-state index contributed by atoms with van der Waals surface area (Å²) in [5.74, 6) is -1.53. The van der Waals surface area contributed by atoms with Gasteiger partial charge in [0.1, 0.15) is 17.2 Å². The Balaban J connectivity index is 2.15. The summed E-state index contributed by atoms with van der Waals surface area (Å²) in [5, 5.41) is 11.3. The lowest BCUT2D eigenvalue weighted by Gasteiger charge is -2.33. The number of hydrogen-bond donors (Lipinski definition) is 2. The van der Waals surface area contributed by atoms with Crippen molar-refractivity contribution in [3.8, 4) is 11.5 Å². The Morgan fingerprint density at radius 1 is 0.969 bits per heavy atom. The van der Waals surface area contributed by atoms with Crippen molar-refractivity contribution in [2.24, 2.45) is 0 Å². The average molecular weight is 473 g/mol. The van der Waals surface area contributed by atoms with E-state index in [1.807, 2.05) is 4.90 Å². The number of carbonyl (C=O) groups is 1. The fourth-order valence-electron chi connectivity index (χ4n) is 3.09. The molecule has 1 aromatic carbocycles. The first-order chi connectivity index (χ1) is 14.9. The zero-order valence-corrected chi connectivity index (χ0v) is 17.4. The maximum absolute atomic E-state index is 12.6. The lowest BCUT2D eigenvalue weighted by Crippen LogP contribution is -2.49. The van der Waals surface area contributed by atoms with Crippen molar-refractivity contribution < 1.29 is 45.7 Å². The van der Waals surface area contributed by atoms with E-state index in [-0.39, 0.29) is 18.7 Å². The number of nitrogens with zero attached hydrogens (tertiary/aromatic N) is 2. The van der Waals surface area contributed by atoms with Gasteiger partial charge in [0.05, 0.1) is 13.2 Å². The van der Waals surface area contributed by atoms with E-state index in [0.29, 0.717) is 32.7 Å². The summed E-state index contributed by atoms with van der Waals surface area (Å²) in [6.07, 6.45) is -9.38. The fraction of sp³-hybridized carbons (Fsp3) is 0.632. The van der Waals surface area contributed by atoms with Gasteiger partial charge >= 0.3 is 12.4 Å². The molecule has 182 valence electrons. The number of β-amino-alcohol motifs (C(OH)–C–C–N with tert-alkyl or cyclic N) is 1. The van der Waals surface area contributed by atoms with Gasteiger partial charge < -0.3 is 19.9 Å². The van der Waals surface area contributed by atoms with Crippen molar-refractivity contribution >= 4 is 11.6 Å². The summed E-state index contributed by atoms with van der Waals surface area (Å²) in [6.45, 7) is 0.688. The Labute approximate surface area is 180 Å². The van der Waals surface area contributed by atoms with Crippen LogP contribution >= 0.6 is 0 Å². The first kappa shape index (κ1) is 26.0. The highest BCUT2D eigenvalue weighted by molar-refractivity contribution is 5.95. The Kier molecular flexibility index (Phi) is 8.98. The van der Waals surface area contributed by atoms with Gasteiger partial charge in [-0.3, -0.25) is 14.6 Å². The molecule has 0 atom stereocenters. The highest BCUT2D eigenvalue weighted by atomic mass is 19.4. The molecule has 0 spiro atoms. The van der Waals surface area contributed by atoms with Crippen molar-refractivity contribution in [2.75, 3.05) is 64.4 Å². The maximum atomic E-state index is 12.6. The number of nitrogens with one attached hydrogen (secondary N) is 1. The number of carbonyl (C=O) groups excluding carboxylic acids is 1. The van der Waals surface area contributed by atoms with Gasteiger partial charge in [0, 0.05) is 32.7 Å². The zero-order chi connectivity index (χ0) is 23.9. The van der Waals surface area contributed by atoms with E-state index in [2.05, 4.69) is 5.32 Å². The molecule has 32 heavy (non-hydrogen) atoms. The van der Waals surface area contributed by atoms with E-state index < -0.39 is 48.7 Å². The molecule has 7 nitrogen and oxygen atoms in total. The van der Waals surface area contributed by atoms with Crippen molar-refractivity contribution in [1.82, 2.24) is 9.80 Å². The quantitative estimate of drug-likeness (QED) is 0.537. The number of aliphatic hydroxyl groups is 1. The predicted octanol–water partition coefficient (Wildman–Crippen LogP) is 2.43. The molecule has 0 bridgehead atoms. The molecule has 2 rings (SSSR count). The molecule has 1 fully saturated rings. The number of aliphatic hydroxyl groups excluding tert-OH is 1. The van der Waals surface area contributed by atoms with Crippen molar-refractivity contribution in [3.63, 3.8) is 0 Å². The number of alkyl halides is 6. The van der Waals surface area contributed by atoms with Gasteiger partial charge in [0.25, 0.3) is 0 Å². The Bertz CT molecular complexity index is 725. The average Bonchev–Trinajstić information content (AvgIpc) is 2.67. The standard InChI is InChI=1S/C19H25F6N3O4/c1-13-8-14(31-11-18(20,21)22)17(15(9-13)32-12-19(23,24)25)26-16(30)10-28-4-2-27(3-5-28)6-7-29/h8-9,29H,2-7,10-12H2,1H3,(H,26,30). The van der Waals surface area contributed by atoms with Gasteiger partial charge in [-0.15, -0.1) is 0 Å². The van der Waals surface area contributed by atoms with Crippen LogP contribution in [-0.4, -0.2) is 92.3 Å². The van der Waals surface area contributed by atoms with E-state index in [1.54, 1.807) is 4.90 Å². The first-order valence-corrected chi connectivity index (χ1v) is 9.75. The number of rotatable bonds is 9. The molecule has 0 unspecified atom stereocenters. The van der Waals surface area contributed by atoms with Crippen molar-refractivity contribution in [3.05, 3.63) is 17.7 Å². The molecule has 2 N–H and O–H groups in total. The second-order valence-electron chi connectivity index (χ2n) is 7.33.